The molecule has 0 aliphatic rings. The largest absolute Gasteiger partial charge is 0.496 e. The zero-order valence-electron chi connectivity index (χ0n) is 18.8. The highest BCUT2D eigenvalue weighted by Crippen LogP contribution is 2.36. The molecule has 0 unspecified atom stereocenters. The molecular formula is C24H27NO7. The van der Waals surface area contributed by atoms with Crippen molar-refractivity contribution in [2.24, 2.45) is 0 Å². The predicted octanol–water partition coefficient (Wildman–Crippen LogP) is 3.84. The Kier molecular flexibility index (Phi) is 7.49. The van der Waals surface area contributed by atoms with E-state index in [1.54, 1.807) is 59.8 Å². The third-order valence-corrected chi connectivity index (χ3v) is 5.01. The molecule has 0 aliphatic carbocycles. The number of benzene rings is 2. The van der Waals surface area contributed by atoms with Crippen molar-refractivity contribution in [2.75, 3.05) is 35.5 Å². The van der Waals surface area contributed by atoms with E-state index in [0.29, 0.717) is 40.9 Å². The molecule has 1 heterocycles. The van der Waals surface area contributed by atoms with E-state index in [0.717, 1.165) is 11.1 Å². The fraction of sp³-hybridized carbons (Fsp3) is 0.292. The topological polar surface area (TPSA) is 88.4 Å². The van der Waals surface area contributed by atoms with Gasteiger partial charge in [-0.1, -0.05) is 6.07 Å². The quantitative estimate of drug-likeness (QED) is 0.511. The van der Waals surface area contributed by atoms with Crippen LogP contribution in [0.4, 0.5) is 0 Å². The van der Waals surface area contributed by atoms with Crippen LogP contribution in [0.5, 0.6) is 28.7 Å². The zero-order chi connectivity index (χ0) is 23.1. The van der Waals surface area contributed by atoms with Crippen LogP contribution < -0.4 is 29.0 Å². The van der Waals surface area contributed by atoms with Crippen LogP contribution in [0.15, 0.2) is 46.9 Å². The lowest BCUT2D eigenvalue weighted by Gasteiger charge is -2.14. The van der Waals surface area contributed by atoms with Crippen molar-refractivity contribution in [3.63, 3.8) is 0 Å². The maximum absolute atomic E-state index is 12.7. The van der Waals surface area contributed by atoms with Gasteiger partial charge in [0, 0.05) is 24.1 Å². The Balaban J connectivity index is 1.75. The first-order chi connectivity index (χ1) is 15.5. The van der Waals surface area contributed by atoms with Gasteiger partial charge in [-0.25, -0.2) is 0 Å². The van der Waals surface area contributed by atoms with Crippen LogP contribution in [-0.4, -0.2) is 41.5 Å². The molecule has 1 amide bonds. The lowest BCUT2D eigenvalue weighted by Crippen LogP contribution is -2.23. The Hall–Kier alpha value is -3.81. The molecule has 1 N–H and O–H groups in total. The van der Waals surface area contributed by atoms with Crippen LogP contribution in [0.3, 0.4) is 0 Å². The molecule has 3 rings (SSSR count). The SMILES string of the molecule is COc1cc(OC)c(Cc2ccc(C(=O)NCc3c(OC)cccc3OC)o2)c(OC)c1. The number of carbonyl (C=O) groups is 1. The van der Waals surface area contributed by atoms with Gasteiger partial charge in [0.15, 0.2) is 5.76 Å². The fourth-order valence-corrected chi connectivity index (χ4v) is 3.38. The van der Waals surface area contributed by atoms with Crippen molar-refractivity contribution < 1.29 is 32.9 Å². The average Bonchev–Trinajstić information content (AvgIpc) is 3.30. The average molecular weight is 441 g/mol. The highest BCUT2D eigenvalue weighted by Gasteiger charge is 2.18. The summed E-state index contributed by atoms with van der Waals surface area (Å²) in [4.78, 5) is 12.7. The maximum Gasteiger partial charge on any atom is 0.287 e. The van der Waals surface area contributed by atoms with E-state index in [9.17, 15) is 4.79 Å². The summed E-state index contributed by atoms with van der Waals surface area (Å²) in [5, 5.41) is 2.84. The van der Waals surface area contributed by atoms with E-state index in [2.05, 4.69) is 5.32 Å². The number of hydrogen-bond donors (Lipinski definition) is 1. The number of methoxy groups -OCH3 is 5. The van der Waals surface area contributed by atoms with Crippen LogP contribution in [0.1, 0.15) is 27.4 Å². The van der Waals surface area contributed by atoms with Gasteiger partial charge in [-0.3, -0.25) is 4.79 Å². The van der Waals surface area contributed by atoms with Gasteiger partial charge in [-0.2, -0.15) is 0 Å². The number of nitrogens with one attached hydrogen (secondary N) is 1. The van der Waals surface area contributed by atoms with Crippen LogP contribution in [0.2, 0.25) is 0 Å². The summed E-state index contributed by atoms with van der Waals surface area (Å²) in [7, 11) is 7.86. The van der Waals surface area contributed by atoms with Crippen LogP contribution in [0.25, 0.3) is 0 Å². The maximum atomic E-state index is 12.7. The second kappa shape index (κ2) is 10.5. The number of ether oxygens (including phenoxy) is 5. The normalized spacial score (nSPS) is 10.4. The highest BCUT2D eigenvalue weighted by atomic mass is 16.5. The van der Waals surface area contributed by atoms with Crippen molar-refractivity contribution in [1.29, 1.82) is 0 Å². The minimum absolute atomic E-state index is 0.195. The molecule has 0 fully saturated rings. The Bertz CT molecular complexity index is 1030. The Morgan fingerprint density at radius 2 is 1.38 bits per heavy atom. The molecule has 3 aromatic rings. The summed E-state index contributed by atoms with van der Waals surface area (Å²) < 4.78 is 32.8. The van der Waals surface area contributed by atoms with Crippen molar-refractivity contribution in [1.82, 2.24) is 5.32 Å². The summed E-state index contributed by atoms with van der Waals surface area (Å²) in [6.07, 6.45) is 0.379. The smallest absolute Gasteiger partial charge is 0.287 e. The third kappa shape index (κ3) is 4.91. The second-order valence-electron chi connectivity index (χ2n) is 6.78. The van der Waals surface area contributed by atoms with Crippen molar-refractivity contribution in [2.45, 2.75) is 13.0 Å². The van der Waals surface area contributed by atoms with Crippen molar-refractivity contribution >= 4 is 5.91 Å². The van der Waals surface area contributed by atoms with Crippen LogP contribution in [0, 0.1) is 0 Å². The Morgan fingerprint density at radius 3 is 1.91 bits per heavy atom. The van der Waals surface area contributed by atoms with Gasteiger partial charge in [-0.15, -0.1) is 0 Å². The van der Waals surface area contributed by atoms with E-state index in [4.69, 9.17) is 28.1 Å². The minimum atomic E-state index is -0.349. The Morgan fingerprint density at radius 1 is 0.781 bits per heavy atom. The van der Waals surface area contributed by atoms with Gasteiger partial charge in [-0.05, 0) is 24.3 Å². The molecule has 170 valence electrons. The third-order valence-electron chi connectivity index (χ3n) is 5.01. The summed E-state index contributed by atoms with van der Waals surface area (Å²) in [6.45, 7) is 0.224. The second-order valence-corrected chi connectivity index (χ2v) is 6.78. The molecule has 0 spiro atoms. The van der Waals surface area contributed by atoms with Gasteiger partial charge in [0.1, 0.15) is 34.5 Å². The first-order valence-electron chi connectivity index (χ1n) is 9.90. The lowest BCUT2D eigenvalue weighted by molar-refractivity contribution is 0.0921. The molecule has 0 aliphatic heterocycles. The summed E-state index contributed by atoms with van der Waals surface area (Å²) in [5.74, 6) is 3.52. The van der Waals surface area contributed by atoms with E-state index in [1.807, 2.05) is 18.2 Å². The Labute approximate surface area is 187 Å². The monoisotopic (exact) mass is 441 g/mol. The molecule has 8 heteroatoms. The first-order valence-corrected chi connectivity index (χ1v) is 9.90. The number of furan rings is 1. The summed E-state index contributed by atoms with van der Waals surface area (Å²) >= 11 is 0. The minimum Gasteiger partial charge on any atom is -0.496 e. The number of carbonyl (C=O) groups excluding carboxylic acids is 1. The summed E-state index contributed by atoms with van der Waals surface area (Å²) in [5.41, 5.74) is 1.53. The molecule has 0 saturated heterocycles. The van der Waals surface area contributed by atoms with Gasteiger partial charge in [0.25, 0.3) is 5.91 Å². The number of rotatable bonds is 10. The van der Waals surface area contributed by atoms with Gasteiger partial charge < -0.3 is 33.4 Å². The molecule has 0 saturated carbocycles. The lowest BCUT2D eigenvalue weighted by atomic mass is 10.1. The van der Waals surface area contributed by atoms with Crippen LogP contribution >= 0.6 is 0 Å². The molecule has 1 aromatic heterocycles. The van der Waals surface area contributed by atoms with E-state index >= 15 is 0 Å². The number of hydrogen-bond acceptors (Lipinski definition) is 7. The standard InChI is InChI=1S/C24H27NO7/c1-27-16-12-22(30-4)17(23(13-16)31-5)11-15-9-10-21(32-15)24(26)25-14-18-19(28-2)7-6-8-20(18)29-3/h6-10,12-13H,11,14H2,1-5H3,(H,25,26). The van der Waals surface area contributed by atoms with E-state index in [1.165, 1.54) is 0 Å². The van der Waals surface area contributed by atoms with Crippen LogP contribution in [-0.2, 0) is 13.0 Å². The first kappa shape index (κ1) is 22.9. The molecule has 0 atom stereocenters. The van der Waals surface area contributed by atoms with Crippen molar-refractivity contribution in [3.8, 4) is 28.7 Å². The zero-order valence-corrected chi connectivity index (χ0v) is 18.8. The molecule has 32 heavy (non-hydrogen) atoms. The van der Waals surface area contributed by atoms with E-state index < -0.39 is 0 Å². The van der Waals surface area contributed by atoms with Gasteiger partial charge in [0.2, 0.25) is 0 Å². The van der Waals surface area contributed by atoms with Gasteiger partial charge >= 0.3 is 0 Å². The molecule has 0 radical (unpaired) electrons. The van der Waals surface area contributed by atoms with E-state index in [-0.39, 0.29) is 18.2 Å². The highest BCUT2D eigenvalue weighted by molar-refractivity contribution is 5.91. The summed E-state index contributed by atoms with van der Waals surface area (Å²) in [6, 6.07) is 12.4. The fourth-order valence-electron chi connectivity index (χ4n) is 3.38. The number of amides is 1. The molecule has 2 aromatic carbocycles. The molecule has 0 bridgehead atoms. The molecule has 8 nitrogen and oxygen atoms in total. The van der Waals surface area contributed by atoms with Gasteiger partial charge in [0.05, 0.1) is 47.7 Å². The van der Waals surface area contributed by atoms with Crippen molar-refractivity contribution in [3.05, 3.63) is 65.1 Å². The predicted molar refractivity (Wildman–Crippen MR) is 118 cm³/mol. The molecular weight excluding hydrogens is 414 g/mol.